The van der Waals surface area contributed by atoms with Crippen molar-refractivity contribution >= 4 is 11.6 Å². The van der Waals surface area contributed by atoms with E-state index in [4.69, 9.17) is 9.57 Å². The van der Waals surface area contributed by atoms with E-state index in [2.05, 4.69) is 0 Å². The van der Waals surface area contributed by atoms with Crippen LogP contribution in [-0.2, 0) is 4.84 Å². The summed E-state index contributed by atoms with van der Waals surface area (Å²) in [4.78, 5) is 17.7. The van der Waals surface area contributed by atoms with Gasteiger partial charge in [0.15, 0.2) is 5.75 Å². The normalized spacial score (nSPS) is 12.8. The Labute approximate surface area is 115 Å². The molecule has 98 valence electrons. The first-order valence-corrected chi connectivity index (χ1v) is 5.95. The maximum absolute atomic E-state index is 12.5. The fourth-order valence-electron chi connectivity index (χ4n) is 2.14. The van der Waals surface area contributed by atoms with E-state index in [0.717, 1.165) is 5.06 Å². The van der Waals surface area contributed by atoms with Crippen molar-refractivity contribution < 1.29 is 14.4 Å². The van der Waals surface area contributed by atoms with Crippen molar-refractivity contribution in [2.45, 2.75) is 0 Å². The minimum atomic E-state index is -0.371. The predicted octanol–water partition coefficient (Wildman–Crippen LogP) is 2.87. The molecule has 2 aromatic rings. The lowest BCUT2D eigenvalue weighted by Crippen LogP contribution is -2.29. The number of carbonyl (C=O) groups excluding carboxylic acids is 1. The second-order valence-corrected chi connectivity index (χ2v) is 4.14. The number of rotatable bonds is 1. The number of hydroxylamine groups is 1. The van der Waals surface area contributed by atoms with Crippen molar-refractivity contribution in [3.05, 3.63) is 53.6 Å². The average molecular weight is 266 g/mol. The Bertz CT molecular complexity index is 734. The highest BCUT2D eigenvalue weighted by molar-refractivity contribution is 6.09. The van der Waals surface area contributed by atoms with Crippen LogP contribution in [0.2, 0.25) is 0 Å². The van der Waals surface area contributed by atoms with Crippen LogP contribution in [0.25, 0.3) is 0 Å². The Balaban J connectivity index is 2.29. The molecule has 0 saturated carbocycles. The first-order chi connectivity index (χ1) is 9.76. The first-order valence-electron chi connectivity index (χ1n) is 5.95. The second kappa shape index (κ2) is 4.68. The molecule has 1 aliphatic heterocycles. The quantitative estimate of drug-likeness (QED) is 0.796. The summed E-state index contributed by atoms with van der Waals surface area (Å²) in [5.74, 6) is 0.474. The number of amides is 1. The number of para-hydroxylation sites is 2. The number of benzene rings is 2. The lowest BCUT2D eigenvalue weighted by atomic mass is 10.1. The molecule has 1 amide bonds. The SMILES string of the molecule is CON1C(=O)c2ccccc2Oc2cccc(C#N)c21. The molecule has 0 spiro atoms. The number of carbonyl (C=O) groups is 1. The summed E-state index contributed by atoms with van der Waals surface area (Å²) in [7, 11) is 1.38. The van der Waals surface area contributed by atoms with E-state index in [-0.39, 0.29) is 5.91 Å². The van der Waals surface area contributed by atoms with E-state index < -0.39 is 0 Å². The van der Waals surface area contributed by atoms with E-state index in [1.54, 1.807) is 42.5 Å². The lowest BCUT2D eigenvalue weighted by molar-refractivity contribution is 0.0775. The number of anilines is 1. The van der Waals surface area contributed by atoms with Crippen LogP contribution in [0.15, 0.2) is 42.5 Å². The van der Waals surface area contributed by atoms with Gasteiger partial charge in [-0.25, -0.2) is 0 Å². The van der Waals surface area contributed by atoms with E-state index in [1.807, 2.05) is 6.07 Å². The number of nitriles is 1. The fourth-order valence-corrected chi connectivity index (χ4v) is 2.14. The molecule has 3 rings (SSSR count). The van der Waals surface area contributed by atoms with Crippen molar-refractivity contribution in [1.82, 2.24) is 0 Å². The van der Waals surface area contributed by atoms with Crippen LogP contribution in [0.5, 0.6) is 11.5 Å². The standard InChI is InChI=1S/C15H10N2O3/c1-19-17-14-10(9-16)5-4-8-13(14)20-12-7-3-2-6-11(12)15(17)18/h2-8H,1H3. The van der Waals surface area contributed by atoms with Gasteiger partial charge >= 0.3 is 0 Å². The number of fused-ring (bicyclic) bond motifs is 2. The van der Waals surface area contributed by atoms with Gasteiger partial charge in [0.25, 0.3) is 5.91 Å². The van der Waals surface area contributed by atoms with Crippen molar-refractivity contribution in [2.24, 2.45) is 0 Å². The van der Waals surface area contributed by atoms with Crippen LogP contribution in [0.3, 0.4) is 0 Å². The Hall–Kier alpha value is -2.84. The molecule has 0 atom stereocenters. The van der Waals surface area contributed by atoms with E-state index in [0.29, 0.717) is 28.3 Å². The van der Waals surface area contributed by atoms with Crippen molar-refractivity contribution in [3.8, 4) is 17.6 Å². The topological polar surface area (TPSA) is 62.6 Å². The monoisotopic (exact) mass is 266 g/mol. The molecule has 1 aliphatic rings. The van der Waals surface area contributed by atoms with Gasteiger partial charge in [0, 0.05) is 0 Å². The average Bonchev–Trinajstić information content (AvgIpc) is 2.61. The third kappa shape index (κ3) is 1.71. The summed E-state index contributed by atoms with van der Waals surface area (Å²) < 4.78 is 5.75. The molecule has 5 heteroatoms. The van der Waals surface area contributed by atoms with Crippen LogP contribution >= 0.6 is 0 Å². The Morgan fingerprint density at radius 3 is 2.65 bits per heavy atom. The summed E-state index contributed by atoms with van der Waals surface area (Å²) in [5, 5.41) is 10.3. The molecule has 1 heterocycles. The number of hydrogen-bond acceptors (Lipinski definition) is 4. The molecule has 0 N–H and O–H groups in total. The predicted molar refractivity (Wildman–Crippen MR) is 71.5 cm³/mol. The number of hydrogen-bond donors (Lipinski definition) is 0. The summed E-state index contributed by atoms with van der Waals surface area (Å²) >= 11 is 0. The highest BCUT2D eigenvalue weighted by Crippen LogP contribution is 2.40. The molecule has 0 bridgehead atoms. The maximum atomic E-state index is 12.5. The molecular weight excluding hydrogens is 256 g/mol. The number of ether oxygens (including phenoxy) is 1. The fraction of sp³-hybridized carbons (Fsp3) is 0.0667. The largest absolute Gasteiger partial charge is 0.454 e. The smallest absolute Gasteiger partial charge is 0.286 e. The third-order valence-electron chi connectivity index (χ3n) is 3.03. The van der Waals surface area contributed by atoms with Gasteiger partial charge in [0.1, 0.15) is 17.5 Å². The minimum absolute atomic E-state index is 0.311. The third-order valence-corrected chi connectivity index (χ3v) is 3.03. The molecule has 0 fully saturated rings. The highest BCUT2D eigenvalue weighted by atomic mass is 16.7. The Morgan fingerprint density at radius 1 is 1.15 bits per heavy atom. The van der Waals surface area contributed by atoms with Crippen LogP contribution in [-0.4, -0.2) is 13.0 Å². The van der Waals surface area contributed by atoms with Gasteiger partial charge in [-0.05, 0) is 24.3 Å². The summed E-state index contributed by atoms with van der Waals surface area (Å²) in [5.41, 5.74) is 1.01. The van der Waals surface area contributed by atoms with E-state index in [9.17, 15) is 10.1 Å². The van der Waals surface area contributed by atoms with Crippen LogP contribution < -0.4 is 9.80 Å². The zero-order valence-electron chi connectivity index (χ0n) is 10.7. The summed E-state index contributed by atoms with van der Waals surface area (Å²) in [6.07, 6.45) is 0. The second-order valence-electron chi connectivity index (χ2n) is 4.14. The van der Waals surface area contributed by atoms with Gasteiger partial charge < -0.3 is 4.74 Å². The van der Waals surface area contributed by atoms with Gasteiger partial charge in [0.2, 0.25) is 0 Å². The molecule has 2 aromatic carbocycles. The molecule has 0 unspecified atom stereocenters. The van der Waals surface area contributed by atoms with Crippen LogP contribution in [0, 0.1) is 11.3 Å². The zero-order chi connectivity index (χ0) is 14.1. The minimum Gasteiger partial charge on any atom is -0.454 e. The van der Waals surface area contributed by atoms with Crippen LogP contribution in [0.1, 0.15) is 15.9 Å². The van der Waals surface area contributed by atoms with Gasteiger partial charge in [-0.3, -0.25) is 9.63 Å². The van der Waals surface area contributed by atoms with Gasteiger partial charge in [-0.1, -0.05) is 18.2 Å². The summed E-state index contributed by atoms with van der Waals surface area (Å²) in [6, 6.07) is 13.9. The van der Waals surface area contributed by atoms with E-state index >= 15 is 0 Å². The van der Waals surface area contributed by atoms with Gasteiger partial charge in [0.05, 0.1) is 18.2 Å². The maximum Gasteiger partial charge on any atom is 0.286 e. The molecule has 0 saturated heterocycles. The van der Waals surface area contributed by atoms with Crippen molar-refractivity contribution in [3.63, 3.8) is 0 Å². The van der Waals surface area contributed by atoms with Gasteiger partial charge in [-0.2, -0.15) is 10.3 Å². The lowest BCUT2D eigenvalue weighted by Gasteiger charge is -2.19. The number of nitrogens with zero attached hydrogens (tertiary/aromatic N) is 2. The molecule has 0 radical (unpaired) electrons. The van der Waals surface area contributed by atoms with Crippen molar-refractivity contribution in [2.75, 3.05) is 12.2 Å². The molecule has 0 aliphatic carbocycles. The Kier molecular flexibility index (Phi) is 2.86. The highest BCUT2D eigenvalue weighted by Gasteiger charge is 2.30. The van der Waals surface area contributed by atoms with E-state index in [1.165, 1.54) is 7.11 Å². The first kappa shape index (κ1) is 12.2. The molecular formula is C15H10N2O3. The van der Waals surface area contributed by atoms with Crippen molar-refractivity contribution in [1.29, 1.82) is 5.26 Å². The summed E-state index contributed by atoms with van der Waals surface area (Å²) in [6.45, 7) is 0. The van der Waals surface area contributed by atoms with Crippen LogP contribution in [0.4, 0.5) is 5.69 Å². The zero-order valence-corrected chi connectivity index (χ0v) is 10.7. The molecule has 5 nitrogen and oxygen atoms in total. The van der Waals surface area contributed by atoms with Gasteiger partial charge in [-0.15, -0.1) is 0 Å². The molecule has 20 heavy (non-hydrogen) atoms. The Morgan fingerprint density at radius 2 is 1.90 bits per heavy atom. The molecule has 0 aromatic heterocycles.